The van der Waals surface area contributed by atoms with Crippen LogP contribution >= 0.6 is 23.2 Å². The van der Waals surface area contributed by atoms with Crippen molar-refractivity contribution < 1.29 is 23.1 Å². The number of rotatable bonds is 4. The average Bonchev–Trinajstić information content (AvgIpc) is 2.64. The highest BCUT2D eigenvalue weighted by Crippen LogP contribution is 2.39. The number of hydrogen-bond acceptors (Lipinski definition) is 3. The van der Waals surface area contributed by atoms with Crippen LogP contribution in [0.1, 0.15) is 39.2 Å². The van der Waals surface area contributed by atoms with Gasteiger partial charge in [0.2, 0.25) is 5.91 Å². The summed E-state index contributed by atoms with van der Waals surface area (Å²) in [5.74, 6) is -1.45. The quantitative estimate of drug-likeness (QED) is 0.531. The standard InChI is InChI=1S/C23H24Cl2F2N2O3/c1-23(2,3)32-22(31)28-16-10-17(24)21(18(25)11-16)29-12-13(4-7-20(29)30)8-14-5-6-15(26)9-19(14)27/h5-6,9-11,13H,4,7-8,12H2,1-3H3,(H,28,31). The number of hydrogen-bond donors (Lipinski definition) is 1. The summed E-state index contributed by atoms with van der Waals surface area (Å²) in [5.41, 5.74) is 0.376. The summed E-state index contributed by atoms with van der Waals surface area (Å²) in [5, 5.41) is 2.94. The second-order valence-corrected chi connectivity index (χ2v) is 9.58. The SMILES string of the molecule is CC(C)(C)OC(=O)Nc1cc(Cl)c(N2CC(Cc3ccc(F)cc3F)CCC2=O)c(Cl)c1. The summed E-state index contributed by atoms with van der Waals surface area (Å²) >= 11 is 12.9. The van der Waals surface area contributed by atoms with E-state index in [0.29, 0.717) is 29.8 Å². The number of carbonyl (C=O) groups is 2. The van der Waals surface area contributed by atoms with E-state index in [0.717, 1.165) is 6.07 Å². The van der Waals surface area contributed by atoms with E-state index >= 15 is 0 Å². The van der Waals surface area contributed by atoms with Crippen LogP contribution in [0.15, 0.2) is 30.3 Å². The Morgan fingerprint density at radius 2 is 1.84 bits per heavy atom. The Hall–Kier alpha value is -2.38. The first-order chi connectivity index (χ1) is 14.9. The molecule has 1 unspecified atom stereocenters. The zero-order valence-corrected chi connectivity index (χ0v) is 19.5. The van der Waals surface area contributed by atoms with Crippen molar-refractivity contribution in [3.63, 3.8) is 0 Å². The van der Waals surface area contributed by atoms with Crippen LogP contribution in [-0.2, 0) is 16.0 Å². The molecule has 172 valence electrons. The average molecular weight is 485 g/mol. The number of benzene rings is 2. The minimum Gasteiger partial charge on any atom is -0.444 e. The monoisotopic (exact) mass is 484 g/mol. The molecule has 2 aromatic rings. The molecule has 9 heteroatoms. The molecule has 1 heterocycles. The van der Waals surface area contributed by atoms with Crippen molar-refractivity contribution >= 4 is 46.6 Å². The van der Waals surface area contributed by atoms with Gasteiger partial charge in [-0.3, -0.25) is 10.1 Å². The highest BCUT2D eigenvalue weighted by atomic mass is 35.5. The largest absolute Gasteiger partial charge is 0.444 e. The van der Waals surface area contributed by atoms with Crippen molar-refractivity contribution in [3.8, 4) is 0 Å². The number of carbonyl (C=O) groups excluding carboxylic acids is 2. The predicted molar refractivity (Wildman–Crippen MR) is 121 cm³/mol. The van der Waals surface area contributed by atoms with Gasteiger partial charge in [0.25, 0.3) is 0 Å². The summed E-state index contributed by atoms with van der Waals surface area (Å²) < 4.78 is 32.5. The normalized spacial score (nSPS) is 16.8. The Kier molecular flexibility index (Phi) is 7.30. The van der Waals surface area contributed by atoms with Crippen LogP contribution in [0.25, 0.3) is 0 Å². The van der Waals surface area contributed by atoms with E-state index in [4.69, 9.17) is 27.9 Å². The lowest BCUT2D eigenvalue weighted by atomic mass is 9.90. The van der Waals surface area contributed by atoms with Crippen molar-refractivity contribution in [1.82, 2.24) is 0 Å². The number of ether oxygens (including phenoxy) is 1. The first-order valence-corrected chi connectivity index (χ1v) is 10.9. The third kappa shape index (κ3) is 6.11. The molecule has 0 aromatic heterocycles. The third-order valence-corrected chi connectivity index (χ3v) is 5.54. The molecule has 1 aliphatic rings. The van der Waals surface area contributed by atoms with Gasteiger partial charge in [-0.05, 0) is 63.3 Å². The molecule has 0 spiro atoms. The molecule has 1 saturated heterocycles. The number of nitrogens with one attached hydrogen (secondary N) is 1. The second kappa shape index (κ2) is 9.63. The second-order valence-electron chi connectivity index (χ2n) is 8.76. The fourth-order valence-corrected chi connectivity index (χ4v) is 4.30. The first kappa shape index (κ1) is 24.3. The molecule has 5 nitrogen and oxygen atoms in total. The lowest BCUT2D eigenvalue weighted by molar-refractivity contribution is -0.120. The van der Waals surface area contributed by atoms with Crippen LogP contribution in [0.4, 0.5) is 25.0 Å². The maximum absolute atomic E-state index is 14.1. The van der Waals surface area contributed by atoms with Gasteiger partial charge in [0.05, 0.1) is 15.7 Å². The van der Waals surface area contributed by atoms with Crippen LogP contribution in [0.2, 0.25) is 10.0 Å². The molecule has 1 N–H and O–H groups in total. The number of amides is 2. The molecular weight excluding hydrogens is 461 g/mol. The Labute approximate surface area is 195 Å². The van der Waals surface area contributed by atoms with Crippen LogP contribution in [-0.4, -0.2) is 24.1 Å². The Balaban J connectivity index is 1.78. The van der Waals surface area contributed by atoms with Crippen molar-refractivity contribution in [2.24, 2.45) is 5.92 Å². The van der Waals surface area contributed by atoms with Crippen molar-refractivity contribution in [3.05, 3.63) is 57.6 Å². The van der Waals surface area contributed by atoms with Crippen LogP contribution in [0.5, 0.6) is 0 Å². The molecule has 0 radical (unpaired) electrons. The van der Waals surface area contributed by atoms with Crippen LogP contribution in [0.3, 0.4) is 0 Å². The van der Waals surface area contributed by atoms with Gasteiger partial charge in [-0.2, -0.15) is 0 Å². The number of anilines is 2. The van der Waals surface area contributed by atoms with E-state index in [2.05, 4.69) is 5.32 Å². The lowest BCUT2D eigenvalue weighted by Gasteiger charge is -2.34. The topological polar surface area (TPSA) is 58.6 Å². The summed E-state index contributed by atoms with van der Waals surface area (Å²) in [6.45, 7) is 5.51. The Morgan fingerprint density at radius 1 is 1.19 bits per heavy atom. The summed E-state index contributed by atoms with van der Waals surface area (Å²) in [4.78, 5) is 26.1. The summed E-state index contributed by atoms with van der Waals surface area (Å²) in [6.07, 6.45) is 0.508. The minimum absolute atomic E-state index is 0.0561. The zero-order chi connectivity index (χ0) is 23.6. The molecule has 0 saturated carbocycles. The molecule has 1 fully saturated rings. The summed E-state index contributed by atoms with van der Waals surface area (Å²) in [7, 11) is 0. The molecule has 32 heavy (non-hydrogen) atoms. The van der Waals surface area contributed by atoms with Gasteiger partial charge in [-0.25, -0.2) is 13.6 Å². The van der Waals surface area contributed by atoms with Crippen molar-refractivity contribution in [2.45, 2.75) is 45.6 Å². The smallest absolute Gasteiger partial charge is 0.412 e. The van der Waals surface area contributed by atoms with Gasteiger partial charge in [0.15, 0.2) is 0 Å². The molecule has 1 atom stereocenters. The van der Waals surface area contributed by atoms with E-state index in [1.807, 2.05) is 0 Å². The van der Waals surface area contributed by atoms with Gasteiger partial charge in [0.1, 0.15) is 17.2 Å². The van der Waals surface area contributed by atoms with E-state index in [9.17, 15) is 18.4 Å². The maximum atomic E-state index is 14.1. The van der Waals surface area contributed by atoms with Crippen molar-refractivity contribution in [1.29, 1.82) is 0 Å². The predicted octanol–water partition coefficient (Wildman–Crippen LogP) is 6.60. The van der Waals surface area contributed by atoms with E-state index in [1.165, 1.54) is 29.2 Å². The van der Waals surface area contributed by atoms with Gasteiger partial charge in [-0.15, -0.1) is 0 Å². The number of halogens is 4. The van der Waals surface area contributed by atoms with Crippen LogP contribution in [0, 0.1) is 17.6 Å². The van der Waals surface area contributed by atoms with Gasteiger partial charge < -0.3 is 9.64 Å². The third-order valence-electron chi connectivity index (χ3n) is 4.96. The van der Waals surface area contributed by atoms with Gasteiger partial charge in [0, 0.05) is 24.7 Å². The Bertz CT molecular complexity index is 1020. The van der Waals surface area contributed by atoms with E-state index < -0.39 is 23.3 Å². The molecule has 3 rings (SSSR count). The van der Waals surface area contributed by atoms with Gasteiger partial charge in [-0.1, -0.05) is 29.3 Å². The van der Waals surface area contributed by atoms with E-state index in [1.54, 1.807) is 20.8 Å². The van der Waals surface area contributed by atoms with Gasteiger partial charge >= 0.3 is 6.09 Å². The maximum Gasteiger partial charge on any atom is 0.412 e. The molecule has 2 aromatic carbocycles. The lowest BCUT2D eigenvalue weighted by Crippen LogP contribution is -2.41. The highest BCUT2D eigenvalue weighted by Gasteiger charge is 2.30. The minimum atomic E-state index is -0.670. The number of nitrogens with zero attached hydrogens (tertiary/aromatic N) is 1. The molecular formula is C23H24Cl2F2N2O3. The van der Waals surface area contributed by atoms with E-state index in [-0.39, 0.29) is 34.8 Å². The first-order valence-electron chi connectivity index (χ1n) is 10.2. The van der Waals surface area contributed by atoms with Crippen LogP contribution < -0.4 is 10.2 Å². The van der Waals surface area contributed by atoms with Crippen molar-refractivity contribution in [2.75, 3.05) is 16.8 Å². The highest BCUT2D eigenvalue weighted by molar-refractivity contribution is 6.40. The molecule has 0 bridgehead atoms. The fraction of sp³-hybridized carbons (Fsp3) is 0.391. The molecule has 0 aliphatic carbocycles. The fourth-order valence-electron chi connectivity index (χ4n) is 3.61. The molecule has 1 aliphatic heterocycles. The number of piperidine rings is 1. The Morgan fingerprint density at radius 3 is 2.44 bits per heavy atom. The zero-order valence-electron chi connectivity index (χ0n) is 18.0. The summed E-state index contributed by atoms with van der Waals surface area (Å²) in [6, 6.07) is 6.47. The molecule has 2 amide bonds.